The number of alkyl carbamates (subject to hydrolysis) is 1. The first kappa shape index (κ1) is 50.9. The number of nitrogens with zero attached hydrogens (tertiary/aromatic N) is 2. The summed E-state index contributed by atoms with van der Waals surface area (Å²) in [4.78, 5) is 55.3. The largest absolute Gasteiger partial charge is 0.465 e. The van der Waals surface area contributed by atoms with Gasteiger partial charge in [0, 0.05) is 40.3 Å². The number of hydrogen-bond acceptors (Lipinski definition) is 14. The topological polar surface area (TPSA) is 169 Å². The lowest BCUT2D eigenvalue weighted by atomic mass is 10.0. The van der Waals surface area contributed by atoms with E-state index in [9.17, 15) is 19.2 Å². The molecule has 63 heavy (non-hydrogen) atoms. The Bertz CT molecular complexity index is 2120. The third-order valence-electron chi connectivity index (χ3n) is 10.3. The summed E-state index contributed by atoms with van der Waals surface area (Å²) in [6.45, 7) is 17.3. The van der Waals surface area contributed by atoms with E-state index in [1.165, 1.54) is 20.6 Å². The van der Waals surface area contributed by atoms with Crippen molar-refractivity contribution in [1.29, 1.82) is 0 Å². The number of rotatable bonds is 11. The van der Waals surface area contributed by atoms with Crippen LogP contribution >= 0.6 is 24.4 Å². The van der Waals surface area contributed by atoms with Crippen molar-refractivity contribution in [3.8, 4) is 22.9 Å². The molecule has 2 aromatic heterocycles. The van der Waals surface area contributed by atoms with Crippen molar-refractivity contribution in [2.45, 2.75) is 141 Å². The summed E-state index contributed by atoms with van der Waals surface area (Å²) in [7, 11) is 2.72. The van der Waals surface area contributed by atoms with E-state index in [0.29, 0.717) is 52.3 Å². The number of ether oxygens (including phenoxy) is 4. The van der Waals surface area contributed by atoms with Crippen LogP contribution in [0.4, 0.5) is 4.79 Å². The Labute approximate surface area is 382 Å². The molecule has 1 N–H and O–H groups in total. The number of hydrogen-bond donors (Lipinski definition) is 2. The van der Waals surface area contributed by atoms with Gasteiger partial charge in [0.1, 0.15) is 22.7 Å². The minimum absolute atomic E-state index is 0.0987. The van der Waals surface area contributed by atoms with E-state index < -0.39 is 11.2 Å². The van der Waals surface area contributed by atoms with Gasteiger partial charge in [-0.15, -0.1) is 0 Å². The maximum atomic E-state index is 12.1. The zero-order chi connectivity index (χ0) is 46.5. The van der Waals surface area contributed by atoms with E-state index in [-0.39, 0.29) is 24.0 Å². The molecular formula is C48H65N3O10S2. The number of oxazole rings is 2. The molecule has 4 atom stereocenters. The zero-order valence-corrected chi connectivity index (χ0v) is 40.3. The first-order valence-electron chi connectivity index (χ1n) is 21.4. The van der Waals surface area contributed by atoms with Crippen LogP contribution in [0.1, 0.15) is 137 Å². The molecule has 0 radical (unpaired) electrons. The van der Waals surface area contributed by atoms with Gasteiger partial charge in [-0.3, -0.25) is 4.79 Å². The second-order valence-electron chi connectivity index (χ2n) is 18.0. The number of carbonyl (C=O) groups is 4. The number of thiol groups is 1. The quantitative estimate of drug-likeness (QED) is 0.0829. The zero-order valence-electron chi connectivity index (χ0n) is 38.6. The predicted molar refractivity (Wildman–Crippen MR) is 248 cm³/mol. The normalized spacial score (nSPS) is 18.3. The standard InChI is InChI=1S/C24H31NO5S.C13H13NO3S.C11H21NO2/c1-15-20(25-22(29-15)17-7-9-18(10-8-17)23(27)28-5)14-31-19-11-6-16(12-19)13-21(26)30-24(2,3)4;1-8-11(7-18)14-12(17-8)9-3-5-10(6-4-9)13(15)16-2;1-8-5-6-9(7-8)12-10(13)14-11(2,3)4/h7-10,16,19H,6,11-14H2,1-5H3;3-6,18H,7H2,1-2H3;8-9H,5-7H2,1-4H3,(H,12,13)/t16-,19-;;8-,9+/m0.1/s1. The molecule has 2 fully saturated rings. The van der Waals surface area contributed by atoms with Crippen molar-refractivity contribution in [1.82, 2.24) is 15.3 Å². The minimum Gasteiger partial charge on any atom is -0.465 e. The van der Waals surface area contributed by atoms with Crippen LogP contribution in [0.2, 0.25) is 0 Å². The molecule has 2 aliphatic carbocycles. The molecule has 2 saturated carbocycles. The summed E-state index contributed by atoms with van der Waals surface area (Å²) in [5.74, 6) is 4.28. The van der Waals surface area contributed by atoms with E-state index in [2.05, 4.69) is 39.6 Å². The first-order chi connectivity index (χ1) is 29.7. The van der Waals surface area contributed by atoms with Crippen LogP contribution in [0.5, 0.6) is 0 Å². The predicted octanol–water partition coefficient (Wildman–Crippen LogP) is 11.1. The summed E-state index contributed by atoms with van der Waals surface area (Å²) < 4.78 is 31.4. The van der Waals surface area contributed by atoms with E-state index in [1.54, 1.807) is 36.4 Å². The highest BCUT2D eigenvalue weighted by atomic mass is 32.2. The molecule has 0 spiro atoms. The number of nitrogens with one attached hydrogen (secondary N) is 1. The number of thioether (sulfide) groups is 1. The molecule has 15 heteroatoms. The summed E-state index contributed by atoms with van der Waals surface area (Å²) in [6.07, 6.45) is 6.80. The highest BCUT2D eigenvalue weighted by Gasteiger charge is 2.29. The Kier molecular flexibility index (Phi) is 18.8. The van der Waals surface area contributed by atoms with Crippen molar-refractivity contribution in [2.75, 3.05) is 14.2 Å². The van der Waals surface area contributed by atoms with Crippen LogP contribution in [0, 0.1) is 25.7 Å². The molecule has 2 aliphatic rings. The molecule has 0 bridgehead atoms. The SMILES string of the molecule is COC(=O)c1ccc(-c2nc(CS)c(C)o2)cc1.COC(=O)c1ccc(-c2nc(CS[C@H]3CC[C@H](CC(=O)OC(C)(C)C)C3)c(C)o2)cc1.C[C@@H]1CC[C@H](NC(=O)OC(C)(C)C)C1. The van der Waals surface area contributed by atoms with Crippen molar-refractivity contribution in [2.24, 2.45) is 11.8 Å². The average Bonchev–Trinajstić information content (AvgIpc) is 4.03. The van der Waals surface area contributed by atoms with Gasteiger partial charge in [-0.05, 0) is 154 Å². The lowest BCUT2D eigenvalue weighted by Gasteiger charge is -2.21. The number of benzene rings is 2. The van der Waals surface area contributed by atoms with Crippen LogP contribution in [0.15, 0.2) is 57.4 Å². The second kappa shape index (κ2) is 23.3. The Morgan fingerprint density at radius 3 is 1.68 bits per heavy atom. The number of aromatic nitrogens is 2. The average molecular weight is 908 g/mol. The smallest absolute Gasteiger partial charge is 0.407 e. The monoisotopic (exact) mass is 907 g/mol. The minimum atomic E-state index is -0.425. The second-order valence-corrected chi connectivity index (χ2v) is 19.6. The molecule has 0 saturated heterocycles. The fourth-order valence-electron chi connectivity index (χ4n) is 7.11. The van der Waals surface area contributed by atoms with Crippen LogP contribution in [0.3, 0.4) is 0 Å². The van der Waals surface area contributed by atoms with Gasteiger partial charge in [0.15, 0.2) is 0 Å². The molecule has 6 rings (SSSR count). The van der Waals surface area contributed by atoms with Gasteiger partial charge in [0.25, 0.3) is 0 Å². The number of carbonyl (C=O) groups excluding carboxylic acids is 4. The molecule has 2 aromatic carbocycles. The van der Waals surface area contributed by atoms with Gasteiger partial charge in [-0.25, -0.2) is 24.4 Å². The first-order valence-corrected chi connectivity index (χ1v) is 23.1. The van der Waals surface area contributed by atoms with E-state index in [1.807, 2.05) is 79.3 Å². The molecule has 0 unspecified atom stereocenters. The summed E-state index contributed by atoms with van der Waals surface area (Å²) in [5, 5.41) is 3.42. The maximum Gasteiger partial charge on any atom is 0.407 e. The Morgan fingerprint density at radius 1 is 0.730 bits per heavy atom. The summed E-state index contributed by atoms with van der Waals surface area (Å²) in [6, 6.07) is 14.3. The third-order valence-corrected chi connectivity index (χ3v) is 11.9. The van der Waals surface area contributed by atoms with E-state index in [4.69, 9.17) is 23.0 Å². The molecular weight excluding hydrogens is 843 g/mol. The highest BCUT2D eigenvalue weighted by Crippen LogP contribution is 2.38. The van der Waals surface area contributed by atoms with Gasteiger partial charge in [0.05, 0.1) is 36.7 Å². The number of methoxy groups -OCH3 is 2. The van der Waals surface area contributed by atoms with Crippen LogP contribution in [0.25, 0.3) is 22.9 Å². The van der Waals surface area contributed by atoms with Gasteiger partial charge in [-0.1, -0.05) is 6.92 Å². The van der Waals surface area contributed by atoms with Crippen molar-refractivity contribution in [3.63, 3.8) is 0 Å². The van der Waals surface area contributed by atoms with E-state index >= 15 is 0 Å². The van der Waals surface area contributed by atoms with Crippen molar-refractivity contribution < 1.29 is 47.0 Å². The summed E-state index contributed by atoms with van der Waals surface area (Å²) in [5.41, 5.74) is 3.58. The summed E-state index contributed by atoms with van der Waals surface area (Å²) >= 11 is 6.06. The fourth-order valence-corrected chi connectivity index (χ4v) is 8.78. The van der Waals surface area contributed by atoms with Crippen LogP contribution in [-0.2, 0) is 35.2 Å². The van der Waals surface area contributed by atoms with Crippen molar-refractivity contribution >= 4 is 48.4 Å². The maximum absolute atomic E-state index is 12.1. The molecule has 1 amide bonds. The van der Waals surface area contributed by atoms with Gasteiger partial charge in [-0.2, -0.15) is 24.4 Å². The Balaban J connectivity index is 0.000000230. The third kappa shape index (κ3) is 16.7. The van der Waals surface area contributed by atoms with E-state index in [0.717, 1.165) is 77.8 Å². The van der Waals surface area contributed by atoms with Gasteiger partial charge < -0.3 is 33.1 Å². The lowest BCUT2D eigenvalue weighted by molar-refractivity contribution is -0.155. The number of aryl methyl sites for hydroxylation is 2. The molecule has 4 aromatic rings. The molecule has 13 nitrogen and oxygen atoms in total. The fraction of sp³-hybridized carbons (Fsp3) is 0.542. The lowest BCUT2D eigenvalue weighted by Crippen LogP contribution is -2.37. The van der Waals surface area contributed by atoms with Crippen LogP contribution in [-0.4, -0.2) is 70.7 Å². The van der Waals surface area contributed by atoms with Gasteiger partial charge >= 0.3 is 24.0 Å². The number of amides is 1. The highest BCUT2D eigenvalue weighted by molar-refractivity contribution is 7.99. The molecule has 0 aliphatic heterocycles. The van der Waals surface area contributed by atoms with Gasteiger partial charge in [0.2, 0.25) is 11.8 Å². The number of esters is 3. The molecule has 2 heterocycles. The Morgan fingerprint density at radius 2 is 1.24 bits per heavy atom. The van der Waals surface area contributed by atoms with Crippen LogP contribution < -0.4 is 5.32 Å². The Hall–Kier alpha value is -4.76. The molecule has 344 valence electrons. The van der Waals surface area contributed by atoms with Crippen molar-refractivity contribution in [3.05, 3.63) is 82.6 Å².